The zero-order valence-electron chi connectivity index (χ0n) is 21.6. The Balaban J connectivity index is 1.62. The lowest BCUT2D eigenvalue weighted by Gasteiger charge is -2.32. The normalized spacial score (nSPS) is 14.2. The molecule has 0 saturated heterocycles. The van der Waals surface area contributed by atoms with Gasteiger partial charge in [0.25, 0.3) is 5.91 Å². The minimum absolute atomic E-state index is 0.125. The molecule has 5 nitrogen and oxygen atoms in total. The topological polar surface area (TPSA) is 58.6 Å². The molecule has 3 aromatic carbocycles. The van der Waals surface area contributed by atoms with E-state index in [2.05, 4.69) is 5.32 Å². The van der Waals surface area contributed by atoms with Gasteiger partial charge in [-0.15, -0.1) is 0 Å². The predicted molar refractivity (Wildman–Crippen MR) is 143 cm³/mol. The van der Waals surface area contributed by atoms with Crippen LogP contribution in [0.5, 0.6) is 5.75 Å². The van der Waals surface area contributed by atoms with Crippen molar-refractivity contribution in [2.45, 2.75) is 64.6 Å². The second-order valence-corrected chi connectivity index (χ2v) is 9.90. The van der Waals surface area contributed by atoms with Gasteiger partial charge in [0.15, 0.2) is 6.61 Å². The van der Waals surface area contributed by atoms with Gasteiger partial charge in [0.1, 0.15) is 17.6 Å². The molecule has 1 unspecified atom stereocenters. The fourth-order valence-electron chi connectivity index (χ4n) is 4.79. The highest BCUT2D eigenvalue weighted by Crippen LogP contribution is 2.22. The molecule has 1 saturated carbocycles. The summed E-state index contributed by atoms with van der Waals surface area (Å²) < 4.78 is 19.5. The van der Waals surface area contributed by atoms with Gasteiger partial charge in [-0.3, -0.25) is 9.59 Å². The van der Waals surface area contributed by atoms with Gasteiger partial charge < -0.3 is 15.0 Å². The Hall–Kier alpha value is -3.67. The van der Waals surface area contributed by atoms with Crippen LogP contribution < -0.4 is 10.1 Å². The number of halogens is 1. The second kappa shape index (κ2) is 12.5. The maximum absolute atomic E-state index is 13.7. The van der Waals surface area contributed by atoms with Crippen molar-refractivity contribution >= 4 is 11.8 Å². The third-order valence-corrected chi connectivity index (χ3v) is 6.93. The summed E-state index contributed by atoms with van der Waals surface area (Å²) >= 11 is 0. The number of ether oxygens (including phenoxy) is 1. The molecule has 1 aliphatic rings. The summed E-state index contributed by atoms with van der Waals surface area (Å²) in [4.78, 5) is 28.9. The molecule has 6 heteroatoms. The zero-order valence-corrected chi connectivity index (χ0v) is 21.6. The Kier molecular flexibility index (Phi) is 8.94. The summed E-state index contributed by atoms with van der Waals surface area (Å²) in [5, 5.41) is 3.19. The Labute approximate surface area is 218 Å². The summed E-state index contributed by atoms with van der Waals surface area (Å²) in [6.45, 7) is 3.87. The molecular weight excluding hydrogens is 467 g/mol. The number of carbonyl (C=O) groups excluding carboxylic acids is 2. The van der Waals surface area contributed by atoms with E-state index in [9.17, 15) is 14.0 Å². The number of carbonyl (C=O) groups is 2. The van der Waals surface area contributed by atoms with Crippen molar-refractivity contribution in [2.24, 2.45) is 0 Å². The van der Waals surface area contributed by atoms with Crippen LogP contribution in [0.4, 0.5) is 4.39 Å². The summed E-state index contributed by atoms with van der Waals surface area (Å²) in [6, 6.07) is 21.0. The van der Waals surface area contributed by atoms with Crippen LogP contribution in [0.2, 0.25) is 0 Å². The fraction of sp³-hybridized carbons (Fsp3) is 0.355. The van der Waals surface area contributed by atoms with Gasteiger partial charge in [-0.1, -0.05) is 67.4 Å². The molecule has 0 aliphatic heterocycles. The Morgan fingerprint density at radius 1 is 0.973 bits per heavy atom. The molecular formula is C31H35FN2O3. The van der Waals surface area contributed by atoms with E-state index in [-0.39, 0.29) is 36.8 Å². The van der Waals surface area contributed by atoms with E-state index in [0.717, 1.165) is 47.9 Å². The van der Waals surface area contributed by atoms with Crippen LogP contribution in [0.15, 0.2) is 72.8 Å². The van der Waals surface area contributed by atoms with Crippen LogP contribution in [0, 0.1) is 19.7 Å². The second-order valence-electron chi connectivity index (χ2n) is 9.90. The van der Waals surface area contributed by atoms with Gasteiger partial charge >= 0.3 is 0 Å². The smallest absolute Gasteiger partial charge is 0.261 e. The highest BCUT2D eigenvalue weighted by Gasteiger charge is 2.32. The Bertz CT molecular complexity index is 1190. The minimum atomic E-state index is -0.734. The van der Waals surface area contributed by atoms with Gasteiger partial charge in [-0.05, 0) is 67.1 Å². The number of aryl methyl sites for hydroxylation is 2. The first-order valence-corrected chi connectivity index (χ1v) is 13.0. The molecule has 0 heterocycles. The number of hydrogen-bond donors (Lipinski definition) is 1. The van der Waals surface area contributed by atoms with E-state index in [0.29, 0.717) is 12.2 Å². The van der Waals surface area contributed by atoms with Crippen molar-refractivity contribution in [1.29, 1.82) is 0 Å². The lowest BCUT2D eigenvalue weighted by Crippen LogP contribution is -2.53. The SMILES string of the molecule is Cc1ccc(C)c(OCC(=O)N(Cc2ccc(F)cc2)C(Cc2ccccc2)C(=O)NC2CCCC2)c1. The van der Waals surface area contributed by atoms with Gasteiger partial charge in [0, 0.05) is 19.0 Å². The average molecular weight is 503 g/mol. The number of rotatable bonds is 10. The van der Waals surface area contributed by atoms with Crippen molar-refractivity contribution in [3.8, 4) is 5.75 Å². The molecule has 1 atom stereocenters. The van der Waals surface area contributed by atoms with Gasteiger partial charge in [-0.2, -0.15) is 0 Å². The van der Waals surface area contributed by atoms with E-state index >= 15 is 0 Å². The van der Waals surface area contributed by atoms with Gasteiger partial charge in [0.2, 0.25) is 5.91 Å². The molecule has 3 aromatic rings. The first kappa shape index (κ1) is 26.4. The van der Waals surface area contributed by atoms with E-state index < -0.39 is 6.04 Å². The Morgan fingerprint density at radius 3 is 2.38 bits per heavy atom. The van der Waals surface area contributed by atoms with Crippen LogP contribution >= 0.6 is 0 Å². The molecule has 0 radical (unpaired) electrons. The number of nitrogens with zero attached hydrogens (tertiary/aromatic N) is 1. The summed E-state index contributed by atoms with van der Waals surface area (Å²) in [5.41, 5.74) is 3.67. The standard InChI is InChI=1S/C31H35FN2O3/c1-22-12-13-23(2)29(18-22)37-21-30(35)34(20-25-14-16-26(32)17-15-25)28(19-24-8-4-3-5-9-24)31(36)33-27-10-6-7-11-27/h3-5,8-9,12-18,27-28H,6-7,10-11,19-21H2,1-2H3,(H,33,36). The lowest BCUT2D eigenvalue weighted by molar-refractivity contribution is -0.143. The van der Waals surface area contributed by atoms with Crippen LogP contribution in [0.3, 0.4) is 0 Å². The number of hydrogen-bond acceptors (Lipinski definition) is 3. The van der Waals surface area contributed by atoms with Gasteiger partial charge in [0.05, 0.1) is 0 Å². The number of benzene rings is 3. The van der Waals surface area contributed by atoms with E-state index in [1.54, 1.807) is 17.0 Å². The fourth-order valence-corrected chi connectivity index (χ4v) is 4.79. The highest BCUT2D eigenvalue weighted by atomic mass is 19.1. The van der Waals surface area contributed by atoms with E-state index in [4.69, 9.17) is 4.74 Å². The van der Waals surface area contributed by atoms with Crippen molar-refractivity contribution in [3.05, 3.63) is 101 Å². The lowest BCUT2D eigenvalue weighted by atomic mass is 10.0. The van der Waals surface area contributed by atoms with Crippen LogP contribution in [0.1, 0.15) is 47.9 Å². The molecule has 2 amide bonds. The largest absolute Gasteiger partial charge is 0.483 e. The van der Waals surface area contributed by atoms with Crippen molar-refractivity contribution in [1.82, 2.24) is 10.2 Å². The van der Waals surface area contributed by atoms with Crippen LogP contribution in [-0.4, -0.2) is 35.4 Å². The summed E-state index contributed by atoms with van der Waals surface area (Å²) in [6.07, 6.45) is 4.46. The molecule has 1 aliphatic carbocycles. The molecule has 0 bridgehead atoms. The highest BCUT2D eigenvalue weighted by molar-refractivity contribution is 5.88. The molecule has 37 heavy (non-hydrogen) atoms. The van der Waals surface area contributed by atoms with E-state index in [1.807, 2.05) is 62.4 Å². The monoisotopic (exact) mass is 502 g/mol. The first-order valence-electron chi connectivity index (χ1n) is 13.0. The molecule has 0 aromatic heterocycles. The van der Waals surface area contributed by atoms with Gasteiger partial charge in [-0.25, -0.2) is 4.39 Å². The first-order chi connectivity index (χ1) is 17.9. The van der Waals surface area contributed by atoms with E-state index in [1.165, 1.54) is 12.1 Å². The molecule has 1 N–H and O–H groups in total. The summed E-state index contributed by atoms with van der Waals surface area (Å²) in [7, 11) is 0. The maximum Gasteiger partial charge on any atom is 0.261 e. The van der Waals surface area contributed by atoms with Crippen molar-refractivity contribution in [3.63, 3.8) is 0 Å². The average Bonchev–Trinajstić information content (AvgIpc) is 3.41. The summed E-state index contributed by atoms with van der Waals surface area (Å²) in [5.74, 6) is -0.171. The van der Waals surface area contributed by atoms with Crippen LogP contribution in [-0.2, 0) is 22.6 Å². The van der Waals surface area contributed by atoms with Crippen molar-refractivity contribution in [2.75, 3.05) is 6.61 Å². The number of nitrogens with one attached hydrogen (secondary N) is 1. The predicted octanol–water partition coefficient (Wildman–Crippen LogP) is 5.52. The zero-order chi connectivity index (χ0) is 26.2. The minimum Gasteiger partial charge on any atom is -0.483 e. The maximum atomic E-state index is 13.7. The molecule has 4 rings (SSSR count). The molecule has 194 valence electrons. The quantitative estimate of drug-likeness (QED) is 0.397. The van der Waals surface area contributed by atoms with Crippen molar-refractivity contribution < 1.29 is 18.7 Å². The third-order valence-electron chi connectivity index (χ3n) is 6.93. The Morgan fingerprint density at radius 2 is 1.68 bits per heavy atom. The number of amides is 2. The molecule has 0 spiro atoms. The van der Waals surface area contributed by atoms with Crippen LogP contribution in [0.25, 0.3) is 0 Å². The third kappa shape index (κ3) is 7.42. The molecule has 1 fully saturated rings.